The van der Waals surface area contributed by atoms with Crippen molar-refractivity contribution in [2.45, 2.75) is 12.8 Å². The zero-order valence-electron chi connectivity index (χ0n) is 8.12. The summed E-state index contributed by atoms with van der Waals surface area (Å²) in [4.78, 5) is 10.6. The lowest BCUT2D eigenvalue weighted by atomic mass is 9.93. The Bertz CT molecular complexity index is 391. The van der Waals surface area contributed by atoms with Crippen LogP contribution in [0, 0.1) is 0 Å². The number of hydrogen-bond acceptors (Lipinski definition) is 2. The van der Waals surface area contributed by atoms with Crippen LogP contribution in [0.15, 0.2) is 23.8 Å². The summed E-state index contributed by atoms with van der Waals surface area (Å²) in [5.41, 5.74) is 3.26. The lowest BCUT2D eigenvalue weighted by Gasteiger charge is -2.13. The molecule has 0 atom stereocenters. The summed E-state index contributed by atoms with van der Waals surface area (Å²) in [5, 5.41) is 0. The molecule has 0 saturated carbocycles. The van der Waals surface area contributed by atoms with Crippen molar-refractivity contribution in [2.75, 3.05) is 7.11 Å². The number of hydrogen-bond donors (Lipinski definition) is 0. The van der Waals surface area contributed by atoms with Crippen LogP contribution in [-0.2, 0) is 11.2 Å². The molecule has 72 valence electrons. The Labute approximate surface area is 83.2 Å². The van der Waals surface area contributed by atoms with Gasteiger partial charge in [-0.2, -0.15) is 0 Å². The number of carbonyl (C=O) groups is 1. The standard InChI is InChI=1S/C12H12O2/c1-14-12-5-4-10-3-2-9(8-13)6-11(10)7-12/h4-8H,2-3H2,1H3. The topological polar surface area (TPSA) is 26.3 Å². The Hall–Kier alpha value is -1.57. The Balaban J connectivity index is 2.44. The third-order valence-corrected chi connectivity index (χ3v) is 2.53. The molecule has 0 heterocycles. The number of rotatable bonds is 2. The van der Waals surface area contributed by atoms with Crippen LogP contribution in [0.25, 0.3) is 6.08 Å². The van der Waals surface area contributed by atoms with Crippen molar-refractivity contribution in [2.24, 2.45) is 0 Å². The predicted octanol–water partition coefficient (Wildman–Crippen LogP) is 2.22. The first-order chi connectivity index (χ1) is 6.83. The van der Waals surface area contributed by atoms with E-state index >= 15 is 0 Å². The van der Waals surface area contributed by atoms with E-state index in [1.165, 1.54) is 5.56 Å². The normalized spacial score (nSPS) is 14.2. The van der Waals surface area contributed by atoms with E-state index in [4.69, 9.17) is 4.74 Å². The highest BCUT2D eigenvalue weighted by molar-refractivity contribution is 5.83. The van der Waals surface area contributed by atoms with Gasteiger partial charge in [-0.3, -0.25) is 4.79 Å². The largest absolute Gasteiger partial charge is 0.497 e. The van der Waals surface area contributed by atoms with E-state index in [1.807, 2.05) is 18.2 Å². The summed E-state index contributed by atoms with van der Waals surface area (Å²) >= 11 is 0. The minimum absolute atomic E-state index is 0.840. The molecule has 0 fully saturated rings. The highest BCUT2D eigenvalue weighted by Crippen LogP contribution is 2.26. The van der Waals surface area contributed by atoms with E-state index in [0.717, 1.165) is 36.0 Å². The van der Waals surface area contributed by atoms with Crippen LogP contribution in [0.2, 0.25) is 0 Å². The van der Waals surface area contributed by atoms with Gasteiger partial charge in [0.25, 0.3) is 0 Å². The van der Waals surface area contributed by atoms with Crippen LogP contribution in [-0.4, -0.2) is 13.4 Å². The van der Waals surface area contributed by atoms with E-state index in [9.17, 15) is 4.79 Å². The molecule has 2 rings (SSSR count). The van der Waals surface area contributed by atoms with Gasteiger partial charge in [-0.1, -0.05) is 6.07 Å². The van der Waals surface area contributed by atoms with Gasteiger partial charge >= 0.3 is 0 Å². The molecule has 14 heavy (non-hydrogen) atoms. The van der Waals surface area contributed by atoms with Crippen molar-refractivity contribution in [3.05, 3.63) is 34.9 Å². The van der Waals surface area contributed by atoms with E-state index < -0.39 is 0 Å². The minimum Gasteiger partial charge on any atom is -0.497 e. The predicted molar refractivity (Wildman–Crippen MR) is 55.4 cm³/mol. The van der Waals surface area contributed by atoms with Crippen molar-refractivity contribution in [1.82, 2.24) is 0 Å². The summed E-state index contributed by atoms with van der Waals surface area (Å²) in [6.45, 7) is 0. The molecule has 1 aliphatic rings. The van der Waals surface area contributed by atoms with Gasteiger partial charge in [0, 0.05) is 0 Å². The molecule has 0 unspecified atom stereocenters. The molecule has 0 bridgehead atoms. The molecular formula is C12H12O2. The number of benzene rings is 1. The SMILES string of the molecule is COc1ccc2c(c1)C=C(C=O)CC2. The van der Waals surface area contributed by atoms with E-state index in [-0.39, 0.29) is 0 Å². The maximum atomic E-state index is 10.6. The lowest BCUT2D eigenvalue weighted by Crippen LogP contribution is -2.00. The third-order valence-electron chi connectivity index (χ3n) is 2.53. The van der Waals surface area contributed by atoms with Gasteiger partial charge < -0.3 is 4.74 Å². The molecule has 0 aromatic heterocycles. The zero-order chi connectivity index (χ0) is 9.97. The molecule has 2 heteroatoms. The van der Waals surface area contributed by atoms with Gasteiger partial charge in [0.15, 0.2) is 0 Å². The average Bonchev–Trinajstić information content (AvgIpc) is 2.27. The van der Waals surface area contributed by atoms with Crippen molar-refractivity contribution in [1.29, 1.82) is 0 Å². The van der Waals surface area contributed by atoms with Crippen LogP contribution in [0.1, 0.15) is 17.5 Å². The number of carbonyl (C=O) groups excluding carboxylic acids is 1. The number of aldehydes is 1. The fraction of sp³-hybridized carbons (Fsp3) is 0.250. The first-order valence-corrected chi connectivity index (χ1v) is 4.66. The molecule has 1 aromatic rings. The van der Waals surface area contributed by atoms with Crippen LogP contribution < -0.4 is 4.74 Å². The number of ether oxygens (including phenoxy) is 1. The first-order valence-electron chi connectivity index (χ1n) is 4.66. The van der Waals surface area contributed by atoms with Gasteiger partial charge in [0.05, 0.1) is 7.11 Å². The molecule has 2 nitrogen and oxygen atoms in total. The molecule has 0 saturated heterocycles. The van der Waals surface area contributed by atoms with E-state index in [1.54, 1.807) is 7.11 Å². The molecule has 1 aromatic carbocycles. The number of fused-ring (bicyclic) bond motifs is 1. The summed E-state index contributed by atoms with van der Waals surface area (Å²) in [6.07, 6.45) is 4.67. The summed E-state index contributed by atoms with van der Waals surface area (Å²) in [6, 6.07) is 5.99. The summed E-state index contributed by atoms with van der Waals surface area (Å²) < 4.78 is 5.13. The maximum Gasteiger partial charge on any atom is 0.146 e. The third kappa shape index (κ3) is 1.55. The quantitative estimate of drug-likeness (QED) is 0.665. The fourth-order valence-corrected chi connectivity index (χ4v) is 1.71. The van der Waals surface area contributed by atoms with Crippen molar-refractivity contribution < 1.29 is 9.53 Å². The molecule has 0 amide bonds. The average molecular weight is 188 g/mol. The smallest absolute Gasteiger partial charge is 0.146 e. The molecule has 0 N–H and O–H groups in total. The molecule has 0 radical (unpaired) electrons. The zero-order valence-corrected chi connectivity index (χ0v) is 8.12. The fourth-order valence-electron chi connectivity index (χ4n) is 1.71. The van der Waals surface area contributed by atoms with Crippen molar-refractivity contribution in [3.8, 4) is 5.75 Å². The van der Waals surface area contributed by atoms with Crippen LogP contribution in [0.4, 0.5) is 0 Å². The number of aryl methyl sites for hydroxylation is 1. The highest BCUT2D eigenvalue weighted by atomic mass is 16.5. The second-order valence-corrected chi connectivity index (χ2v) is 3.40. The van der Waals surface area contributed by atoms with Crippen molar-refractivity contribution in [3.63, 3.8) is 0 Å². The van der Waals surface area contributed by atoms with E-state index in [2.05, 4.69) is 6.07 Å². The Morgan fingerprint density at radius 3 is 2.93 bits per heavy atom. The van der Waals surface area contributed by atoms with Gasteiger partial charge in [-0.05, 0) is 47.8 Å². The van der Waals surface area contributed by atoms with Crippen molar-refractivity contribution >= 4 is 12.4 Å². The Morgan fingerprint density at radius 1 is 1.36 bits per heavy atom. The summed E-state index contributed by atoms with van der Waals surface area (Å²) in [5.74, 6) is 0.840. The van der Waals surface area contributed by atoms with Gasteiger partial charge in [0.1, 0.15) is 12.0 Å². The van der Waals surface area contributed by atoms with Crippen LogP contribution in [0.3, 0.4) is 0 Å². The van der Waals surface area contributed by atoms with Gasteiger partial charge in [0.2, 0.25) is 0 Å². The van der Waals surface area contributed by atoms with Gasteiger partial charge in [-0.15, -0.1) is 0 Å². The molecular weight excluding hydrogens is 176 g/mol. The molecule has 0 spiro atoms. The Kier molecular flexibility index (Phi) is 2.35. The van der Waals surface area contributed by atoms with E-state index in [0.29, 0.717) is 0 Å². The summed E-state index contributed by atoms with van der Waals surface area (Å²) in [7, 11) is 1.65. The molecule has 0 aliphatic heterocycles. The van der Waals surface area contributed by atoms with Crippen LogP contribution >= 0.6 is 0 Å². The van der Waals surface area contributed by atoms with Gasteiger partial charge in [-0.25, -0.2) is 0 Å². The number of methoxy groups -OCH3 is 1. The lowest BCUT2D eigenvalue weighted by molar-refractivity contribution is -0.105. The number of allylic oxidation sites excluding steroid dienone is 1. The molecule has 1 aliphatic carbocycles. The monoisotopic (exact) mass is 188 g/mol. The van der Waals surface area contributed by atoms with Crippen LogP contribution in [0.5, 0.6) is 5.75 Å². The maximum absolute atomic E-state index is 10.6. The first kappa shape index (κ1) is 9.00. The Morgan fingerprint density at radius 2 is 2.21 bits per heavy atom. The minimum atomic E-state index is 0.840. The second kappa shape index (κ2) is 3.66. The highest BCUT2D eigenvalue weighted by Gasteiger charge is 2.10. The second-order valence-electron chi connectivity index (χ2n) is 3.40.